The molecule has 2 amide bonds. The molecule has 9 heteroatoms. The maximum absolute atomic E-state index is 13.0. The van der Waals surface area contributed by atoms with Crippen LogP contribution in [0.3, 0.4) is 0 Å². The minimum atomic E-state index is -4.44. The van der Waals surface area contributed by atoms with E-state index in [-0.39, 0.29) is 24.6 Å². The van der Waals surface area contributed by atoms with Gasteiger partial charge in [0.25, 0.3) is 0 Å². The third kappa shape index (κ3) is 7.14. The average Bonchev–Trinajstić information content (AvgIpc) is 2.92. The molecular weight excluding hydrogens is 521 g/mol. The summed E-state index contributed by atoms with van der Waals surface area (Å²) in [5.41, 5.74) is 2.93. The van der Waals surface area contributed by atoms with Gasteiger partial charge in [-0.2, -0.15) is 13.2 Å². The molecule has 0 bridgehead atoms. The lowest BCUT2D eigenvalue weighted by atomic mass is 9.77. The zero-order chi connectivity index (χ0) is 28.9. The standard InChI is InChI=1S/C31H33F3N2O4/c1-3-22(7-4-20(2)23-8-5-21(6-9-23)18-29(37)38)24-10-15-27-28(19-24)40-17-16-36(27)30(39)35-26-13-11-25(12-14-26)31(32,33)34/h3-4,7,10-15,19,21,23H,2,5-6,8-9,16-18H2,1H3,(H,35,39)(H,37,38). The molecule has 2 aromatic carbocycles. The number of alkyl halides is 3. The number of aliphatic carboxylic acids is 1. The van der Waals surface area contributed by atoms with E-state index in [0.717, 1.165) is 54.5 Å². The van der Waals surface area contributed by atoms with Crippen molar-refractivity contribution in [3.63, 3.8) is 0 Å². The summed E-state index contributed by atoms with van der Waals surface area (Å²) in [6.45, 7) is 6.76. The molecule has 4 rings (SSSR count). The van der Waals surface area contributed by atoms with Crippen molar-refractivity contribution >= 4 is 28.9 Å². The zero-order valence-corrected chi connectivity index (χ0v) is 22.3. The fourth-order valence-electron chi connectivity index (χ4n) is 5.22. The van der Waals surface area contributed by atoms with Crippen LogP contribution < -0.4 is 15.0 Å². The Bertz CT molecular complexity index is 1310. The lowest BCUT2D eigenvalue weighted by molar-refractivity contribution is -0.139. The number of rotatable bonds is 7. The highest BCUT2D eigenvalue weighted by Gasteiger charge is 2.30. The van der Waals surface area contributed by atoms with Crippen LogP contribution in [0.5, 0.6) is 5.75 Å². The molecule has 2 N–H and O–H groups in total. The van der Waals surface area contributed by atoms with Crippen LogP contribution in [0.2, 0.25) is 0 Å². The van der Waals surface area contributed by atoms with E-state index in [1.165, 1.54) is 17.0 Å². The van der Waals surface area contributed by atoms with Crippen molar-refractivity contribution in [2.24, 2.45) is 11.8 Å². The van der Waals surface area contributed by atoms with E-state index in [0.29, 0.717) is 23.9 Å². The number of anilines is 2. The number of hydrogen-bond donors (Lipinski definition) is 2. The summed E-state index contributed by atoms with van der Waals surface area (Å²) in [7, 11) is 0. The van der Waals surface area contributed by atoms with E-state index >= 15 is 0 Å². The van der Waals surface area contributed by atoms with Crippen molar-refractivity contribution in [3.05, 3.63) is 84.0 Å². The van der Waals surface area contributed by atoms with Crippen LogP contribution in [-0.4, -0.2) is 30.3 Å². The second kappa shape index (κ2) is 12.4. The first-order chi connectivity index (χ1) is 19.0. The molecule has 40 heavy (non-hydrogen) atoms. The SMILES string of the molecule is C=C(C=CC(=CC)c1ccc2c(c1)OCCN2C(=O)Nc1ccc(C(F)(F)F)cc1)C1CCC(CC(=O)O)CC1. The van der Waals surface area contributed by atoms with E-state index in [9.17, 15) is 22.8 Å². The second-order valence-electron chi connectivity index (χ2n) is 10.2. The minimum Gasteiger partial charge on any atom is -0.490 e. The first-order valence-corrected chi connectivity index (χ1v) is 13.3. The van der Waals surface area contributed by atoms with Crippen LogP contribution in [0, 0.1) is 11.8 Å². The van der Waals surface area contributed by atoms with Crippen molar-refractivity contribution in [2.45, 2.75) is 45.2 Å². The summed E-state index contributed by atoms with van der Waals surface area (Å²) in [6.07, 6.45) is 5.44. The molecule has 0 unspecified atom stereocenters. The van der Waals surface area contributed by atoms with Crippen molar-refractivity contribution in [1.82, 2.24) is 0 Å². The summed E-state index contributed by atoms with van der Waals surface area (Å²) < 4.78 is 44.3. The first kappa shape index (κ1) is 29.0. The summed E-state index contributed by atoms with van der Waals surface area (Å²) in [4.78, 5) is 25.5. The number of nitrogens with zero attached hydrogens (tertiary/aromatic N) is 1. The Balaban J connectivity index is 1.41. The predicted octanol–water partition coefficient (Wildman–Crippen LogP) is 7.93. The molecule has 0 radical (unpaired) electrons. The molecule has 212 valence electrons. The molecule has 2 aromatic rings. The molecule has 2 aliphatic rings. The van der Waals surface area contributed by atoms with Crippen LogP contribution >= 0.6 is 0 Å². The number of benzene rings is 2. The van der Waals surface area contributed by atoms with Gasteiger partial charge in [0, 0.05) is 12.1 Å². The van der Waals surface area contributed by atoms with Gasteiger partial charge in [-0.1, -0.05) is 36.4 Å². The number of nitrogens with one attached hydrogen (secondary N) is 1. The van der Waals surface area contributed by atoms with Gasteiger partial charge in [-0.15, -0.1) is 0 Å². The van der Waals surface area contributed by atoms with Gasteiger partial charge < -0.3 is 15.2 Å². The quantitative estimate of drug-likeness (QED) is 0.341. The van der Waals surface area contributed by atoms with Crippen LogP contribution in [0.25, 0.3) is 5.57 Å². The number of allylic oxidation sites excluding steroid dienone is 5. The van der Waals surface area contributed by atoms with E-state index < -0.39 is 23.7 Å². The first-order valence-electron chi connectivity index (χ1n) is 13.3. The largest absolute Gasteiger partial charge is 0.490 e. The van der Waals surface area contributed by atoms with E-state index in [1.54, 1.807) is 6.07 Å². The van der Waals surface area contributed by atoms with Crippen LogP contribution in [0.4, 0.5) is 29.3 Å². The molecular formula is C31H33F3N2O4. The predicted molar refractivity (Wildman–Crippen MR) is 149 cm³/mol. The number of fused-ring (bicyclic) bond motifs is 1. The van der Waals surface area contributed by atoms with Gasteiger partial charge >= 0.3 is 18.2 Å². The minimum absolute atomic E-state index is 0.228. The molecule has 1 fully saturated rings. The number of carboxylic acids is 1. The van der Waals surface area contributed by atoms with Gasteiger partial charge in [0.2, 0.25) is 0 Å². The summed E-state index contributed by atoms with van der Waals surface area (Å²) in [5, 5.41) is 11.7. The van der Waals surface area contributed by atoms with Gasteiger partial charge in [-0.25, -0.2) is 4.79 Å². The molecule has 1 heterocycles. The molecule has 0 atom stereocenters. The number of carbonyl (C=O) groups is 2. The Labute approximate surface area is 231 Å². The molecule has 1 aliphatic carbocycles. The van der Waals surface area contributed by atoms with Crippen molar-refractivity contribution in [3.8, 4) is 5.75 Å². The highest BCUT2D eigenvalue weighted by atomic mass is 19.4. The fraction of sp³-hybridized carbons (Fsp3) is 0.355. The highest BCUT2D eigenvalue weighted by molar-refractivity contribution is 6.03. The number of ether oxygens (including phenoxy) is 1. The Morgan fingerprint density at radius 3 is 2.42 bits per heavy atom. The molecule has 0 saturated heterocycles. The van der Waals surface area contributed by atoms with Gasteiger partial charge in [-0.05, 0) is 92.0 Å². The number of carbonyl (C=O) groups excluding carboxylic acids is 1. The monoisotopic (exact) mass is 554 g/mol. The average molecular weight is 555 g/mol. The van der Waals surface area contributed by atoms with Crippen LogP contribution in [0.1, 0.15) is 50.2 Å². The molecule has 6 nitrogen and oxygen atoms in total. The zero-order valence-electron chi connectivity index (χ0n) is 22.3. The highest BCUT2D eigenvalue weighted by Crippen LogP contribution is 2.37. The Morgan fingerprint density at radius 1 is 1.10 bits per heavy atom. The van der Waals surface area contributed by atoms with Crippen molar-refractivity contribution in [2.75, 3.05) is 23.4 Å². The van der Waals surface area contributed by atoms with E-state index in [2.05, 4.69) is 11.9 Å². The number of halogens is 3. The van der Waals surface area contributed by atoms with E-state index in [1.807, 2.05) is 37.3 Å². The summed E-state index contributed by atoms with van der Waals surface area (Å²) >= 11 is 0. The van der Waals surface area contributed by atoms with Crippen LogP contribution in [0.15, 0.2) is 72.8 Å². The third-order valence-electron chi connectivity index (χ3n) is 7.49. The lowest BCUT2D eigenvalue weighted by Gasteiger charge is -2.30. The molecule has 0 aromatic heterocycles. The van der Waals surface area contributed by atoms with Crippen molar-refractivity contribution in [1.29, 1.82) is 0 Å². The summed E-state index contributed by atoms with van der Waals surface area (Å²) in [6, 6.07) is 9.42. The molecule has 1 saturated carbocycles. The molecule has 1 aliphatic heterocycles. The second-order valence-corrected chi connectivity index (χ2v) is 10.2. The topological polar surface area (TPSA) is 78.9 Å². The van der Waals surface area contributed by atoms with E-state index in [4.69, 9.17) is 9.84 Å². The van der Waals surface area contributed by atoms with Crippen LogP contribution in [-0.2, 0) is 11.0 Å². The summed E-state index contributed by atoms with van der Waals surface area (Å²) in [5.74, 6) is 0.373. The van der Waals surface area contributed by atoms with Gasteiger partial charge in [0.1, 0.15) is 12.4 Å². The Morgan fingerprint density at radius 2 is 1.80 bits per heavy atom. The normalized spacial score (nSPS) is 19.6. The number of carboxylic acid groups (broad SMARTS) is 1. The van der Waals surface area contributed by atoms with Gasteiger partial charge in [0.05, 0.1) is 17.8 Å². The fourth-order valence-corrected chi connectivity index (χ4v) is 5.22. The number of hydrogen-bond acceptors (Lipinski definition) is 3. The third-order valence-corrected chi connectivity index (χ3v) is 7.49. The Kier molecular flexibility index (Phi) is 9.02. The lowest BCUT2D eigenvalue weighted by Crippen LogP contribution is -2.40. The van der Waals surface area contributed by atoms with Gasteiger partial charge in [-0.3, -0.25) is 9.69 Å². The number of urea groups is 1. The smallest absolute Gasteiger partial charge is 0.416 e. The van der Waals surface area contributed by atoms with Gasteiger partial charge in [0.15, 0.2) is 0 Å². The number of amides is 2. The maximum atomic E-state index is 13.0. The maximum Gasteiger partial charge on any atom is 0.416 e. The Hall–Kier alpha value is -4.01. The van der Waals surface area contributed by atoms with Crippen molar-refractivity contribution < 1.29 is 32.6 Å². The molecule has 0 spiro atoms.